The molecule has 1 aromatic rings. The summed E-state index contributed by atoms with van der Waals surface area (Å²) >= 11 is 0. The number of carbonyl (C=O) groups excluding carboxylic acids is 1. The zero-order chi connectivity index (χ0) is 13.0. The van der Waals surface area contributed by atoms with Gasteiger partial charge in [0, 0.05) is 0 Å². The van der Waals surface area contributed by atoms with Crippen LogP contribution in [-0.4, -0.2) is 33.6 Å². The van der Waals surface area contributed by atoms with Gasteiger partial charge in [-0.2, -0.15) is 4.39 Å². The number of methoxy groups -OCH3 is 2. The Morgan fingerprint density at radius 3 is 2.35 bits per heavy atom. The van der Waals surface area contributed by atoms with Crippen molar-refractivity contribution in [1.29, 1.82) is 0 Å². The van der Waals surface area contributed by atoms with Crippen molar-refractivity contribution >= 4 is 5.78 Å². The number of likely N-dealkylation sites (N-methyl/N-ethyl adjacent to an activating group) is 1. The fraction of sp³-hybridized carbons (Fsp3) is 0.364. The molecule has 1 aromatic carbocycles. The molecular formula is C11H13F2NO3. The molecule has 17 heavy (non-hydrogen) atoms. The van der Waals surface area contributed by atoms with E-state index in [1.54, 1.807) is 7.05 Å². The molecule has 0 aliphatic rings. The van der Waals surface area contributed by atoms with Crippen LogP contribution >= 0.6 is 0 Å². The topological polar surface area (TPSA) is 47.6 Å². The smallest absolute Gasteiger partial charge is 0.204 e. The first kappa shape index (κ1) is 13.4. The number of carbonyl (C=O) groups is 1. The van der Waals surface area contributed by atoms with Crippen LogP contribution in [0.2, 0.25) is 0 Å². The van der Waals surface area contributed by atoms with Gasteiger partial charge in [-0.15, -0.1) is 0 Å². The Bertz CT molecular complexity index is 435. The van der Waals surface area contributed by atoms with Gasteiger partial charge in [-0.1, -0.05) is 0 Å². The summed E-state index contributed by atoms with van der Waals surface area (Å²) in [5, 5.41) is 2.63. The van der Waals surface area contributed by atoms with Gasteiger partial charge in [-0.05, 0) is 13.1 Å². The maximum Gasteiger partial charge on any atom is 0.204 e. The maximum atomic E-state index is 13.4. The highest BCUT2D eigenvalue weighted by molar-refractivity contribution is 6.00. The first-order valence-electron chi connectivity index (χ1n) is 4.84. The van der Waals surface area contributed by atoms with E-state index in [4.69, 9.17) is 9.47 Å². The van der Waals surface area contributed by atoms with Crippen molar-refractivity contribution in [2.24, 2.45) is 0 Å². The molecule has 0 saturated heterocycles. The van der Waals surface area contributed by atoms with E-state index in [1.807, 2.05) is 0 Å². The first-order valence-corrected chi connectivity index (χ1v) is 4.84. The van der Waals surface area contributed by atoms with Crippen LogP contribution in [0.3, 0.4) is 0 Å². The van der Waals surface area contributed by atoms with Crippen LogP contribution < -0.4 is 14.8 Å². The second-order valence-corrected chi connectivity index (χ2v) is 3.24. The van der Waals surface area contributed by atoms with Crippen molar-refractivity contribution in [1.82, 2.24) is 5.32 Å². The summed E-state index contributed by atoms with van der Waals surface area (Å²) in [6.45, 7) is -0.00934. The van der Waals surface area contributed by atoms with Gasteiger partial charge in [0.15, 0.2) is 17.3 Å². The third-order valence-corrected chi connectivity index (χ3v) is 2.18. The van der Waals surface area contributed by atoms with Crippen LogP contribution in [0.25, 0.3) is 0 Å². The van der Waals surface area contributed by atoms with E-state index in [9.17, 15) is 13.6 Å². The second kappa shape index (κ2) is 5.58. The number of benzene rings is 1. The molecule has 0 aliphatic carbocycles. The molecule has 0 atom stereocenters. The predicted octanol–water partition coefficient (Wildman–Crippen LogP) is 1.38. The average Bonchev–Trinajstić information content (AvgIpc) is 2.32. The molecule has 0 radical (unpaired) electrons. The lowest BCUT2D eigenvalue weighted by Crippen LogP contribution is -2.20. The molecule has 0 saturated carbocycles. The maximum absolute atomic E-state index is 13.4. The quantitative estimate of drug-likeness (QED) is 0.796. The number of ketones is 1. The van der Waals surface area contributed by atoms with Gasteiger partial charge in [0.05, 0.1) is 26.3 Å². The van der Waals surface area contributed by atoms with E-state index in [1.165, 1.54) is 14.2 Å². The Labute approximate surface area is 97.5 Å². The average molecular weight is 245 g/mol. The van der Waals surface area contributed by atoms with Crippen molar-refractivity contribution in [3.63, 3.8) is 0 Å². The van der Waals surface area contributed by atoms with Crippen LogP contribution in [0.1, 0.15) is 10.4 Å². The highest BCUT2D eigenvalue weighted by Crippen LogP contribution is 2.35. The highest BCUT2D eigenvalue weighted by Gasteiger charge is 2.23. The summed E-state index contributed by atoms with van der Waals surface area (Å²) in [6.07, 6.45) is 0. The molecule has 0 heterocycles. The Hall–Kier alpha value is -1.69. The summed E-state index contributed by atoms with van der Waals surface area (Å²) in [5.74, 6) is -3.26. The van der Waals surface area contributed by atoms with Crippen LogP contribution in [0.5, 0.6) is 11.5 Å². The third-order valence-electron chi connectivity index (χ3n) is 2.18. The number of Topliss-reactive ketones (excluding diaryl/α,β-unsaturated/α-hetero) is 1. The minimum atomic E-state index is -1.18. The molecule has 0 aromatic heterocycles. The lowest BCUT2D eigenvalue weighted by atomic mass is 10.1. The van der Waals surface area contributed by atoms with Gasteiger partial charge in [0.25, 0.3) is 0 Å². The summed E-state index contributed by atoms with van der Waals surface area (Å²) in [5.41, 5.74) is -0.0578. The normalized spacial score (nSPS) is 10.2. The minimum absolute atomic E-state index is 0.00934. The number of rotatable bonds is 5. The molecule has 1 rings (SSSR count). The zero-order valence-electron chi connectivity index (χ0n) is 9.77. The summed E-state index contributed by atoms with van der Waals surface area (Å²) in [4.78, 5) is 11.7. The molecule has 0 bridgehead atoms. The van der Waals surface area contributed by atoms with E-state index in [0.717, 1.165) is 6.07 Å². The van der Waals surface area contributed by atoms with Crippen LogP contribution in [0, 0.1) is 11.6 Å². The van der Waals surface area contributed by atoms with E-state index in [2.05, 4.69) is 5.32 Å². The van der Waals surface area contributed by atoms with Crippen molar-refractivity contribution in [3.8, 4) is 11.5 Å². The lowest BCUT2D eigenvalue weighted by Gasteiger charge is -2.13. The van der Waals surface area contributed by atoms with Gasteiger partial charge in [-0.3, -0.25) is 4.79 Å². The van der Waals surface area contributed by atoms with E-state index < -0.39 is 23.2 Å². The van der Waals surface area contributed by atoms with Gasteiger partial charge < -0.3 is 14.8 Å². The van der Waals surface area contributed by atoms with Gasteiger partial charge in [0.2, 0.25) is 11.6 Å². The predicted molar refractivity (Wildman–Crippen MR) is 57.7 cm³/mol. The van der Waals surface area contributed by atoms with E-state index in [-0.39, 0.29) is 17.9 Å². The summed E-state index contributed by atoms with van der Waals surface area (Å²) < 4.78 is 36.2. The third kappa shape index (κ3) is 2.52. The highest BCUT2D eigenvalue weighted by atomic mass is 19.2. The van der Waals surface area contributed by atoms with Crippen LogP contribution in [-0.2, 0) is 0 Å². The van der Waals surface area contributed by atoms with Crippen molar-refractivity contribution in [2.45, 2.75) is 0 Å². The zero-order valence-corrected chi connectivity index (χ0v) is 9.77. The number of hydrogen-bond donors (Lipinski definition) is 1. The lowest BCUT2D eigenvalue weighted by molar-refractivity contribution is 0.0989. The molecule has 4 nitrogen and oxygen atoms in total. The number of halogens is 2. The Balaban J connectivity index is 3.39. The van der Waals surface area contributed by atoms with E-state index in [0.29, 0.717) is 0 Å². The molecule has 0 unspecified atom stereocenters. The van der Waals surface area contributed by atoms with Crippen LogP contribution in [0.15, 0.2) is 6.07 Å². The minimum Gasteiger partial charge on any atom is -0.492 e. The standard InChI is InChI=1S/C11H13F2NO3/c1-14-5-8(15)6-4-7(12)9(13)11(17-3)10(6)16-2/h4,14H,5H2,1-3H3. The molecule has 0 fully saturated rings. The largest absolute Gasteiger partial charge is 0.492 e. The van der Waals surface area contributed by atoms with Crippen molar-refractivity contribution in [2.75, 3.05) is 27.8 Å². The first-order chi connectivity index (χ1) is 8.06. The van der Waals surface area contributed by atoms with Gasteiger partial charge >= 0.3 is 0 Å². The Kier molecular flexibility index (Phi) is 4.39. The van der Waals surface area contributed by atoms with Crippen molar-refractivity contribution in [3.05, 3.63) is 23.3 Å². The molecular weight excluding hydrogens is 232 g/mol. The molecule has 94 valence electrons. The van der Waals surface area contributed by atoms with Gasteiger partial charge in [0.1, 0.15) is 0 Å². The monoisotopic (exact) mass is 245 g/mol. The summed E-state index contributed by atoms with van der Waals surface area (Å²) in [7, 11) is 4.00. The fourth-order valence-corrected chi connectivity index (χ4v) is 1.43. The van der Waals surface area contributed by atoms with Gasteiger partial charge in [-0.25, -0.2) is 4.39 Å². The summed E-state index contributed by atoms with van der Waals surface area (Å²) in [6, 6.07) is 0.802. The number of nitrogens with one attached hydrogen (secondary N) is 1. The van der Waals surface area contributed by atoms with Crippen molar-refractivity contribution < 1.29 is 23.0 Å². The number of hydrogen-bond acceptors (Lipinski definition) is 4. The molecule has 0 amide bonds. The Morgan fingerprint density at radius 1 is 1.29 bits per heavy atom. The molecule has 6 heteroatoms. The Morgan fingerprint density at radius 2 is 1.88 bits per heavy atom. The fourth-order valence-electron chi connectivity index (χ4n) is 1.43. The SMILES string of the molecule is CNCC(=O)c1cc(F)c(F)c(OC)c1OC. The molecule has 1 N–H and O–H groups in total. The van der Waals surface area contributed by atoms with Crippen LogP contribution in [0.4, 0.5) is 8.78 Å². The molecule has 0 spiro atoms. The number of ether oxygens (including phenoxy) is 2. The molecule has 0 aliphatic heterocycles. The van der Waals surface area contributed by atoms with E-state index >= 15 is 0 Å². The second-order valence-electron chi connectivity index (χ2n) is 3.24.